The second-order valence-electron chi connectivity index (χ2n) is 1.76. The molecule has 1 aromatic heterocycles. The highest BCUT2D eigenvalue weighted by Gasteiger charge is 1.81. The van der Waals surface area contributed by atoms with Crippen LogP contribution in [-0.4, -0.2) is 9.97 Å². The van der Waals surface area contributed by atoms with Gasteiger partial charge in [-0.2, -0.15) is 5.26 Å². The maximum Gasteiger partial charge on any atom is 0.115 e. The van der Waals surface area contributed by atoms with Crippen LogP contribution in [0.1, 0.15) is 12.0 Å². The summed E-state index contributed by atoms with van der Waals surface area (Å²) in [5.74, 6) is 5.41. The molecule has 3 heteroatoms. The van der Waals surface area contributed by atoms with E-state index >= 15 is 0 Å². The Balaban J connectivity index is 2.68. The molecule has 0 saturated heterocycles. The quantitative estimate of drug-likeness (QED) is 0.503. The second-order valence-corrected chi connectivity index (χ2v) is 1.76. The number of nitriles is 1. The molecule has 0 aliphatic rings. The highest BCUT2D eigenvalue weighted by Crippen LogP contribution is 1.87. The molecule has 0 amide bonds. The molecule has 3 nitrogen and oxygen atoms in total. The van der Waals surface area contributed by atoms with Gasteiger partial charge < -0.3 is 0 Å². The van der Waals surface area contributed by atoms with E-state index < -0.39 is 0 Å². The van der Waals surface area contributed by atoms with Crippen molar-refractivity contribution in [1.82, 2.24) is 9.97 Å². The summed E-state index contributed by atoms with van der Waals surface area (Å²) in [6.07, 6.45) is 4.90. The van der Waals surface area contributed by atoms with Crippen LogP contribution in [0.3, 0.4) is 0 Å². The predicted octanol–water partition coefficient (Wildman–Crippen LogP) is 0.742. The van der Waals surface area contributed by atoms with E-state index in [-0.39, 0.29) is 6.42 Å². The van der Waals surface area contributed by atoms with Crippen LogP contribution in [0.25, 0.3) is 0 Å². The molecular weight excluding hydrogens is 138 g/mol. The van der Waals surface area contributed by atoms with Crippen LogP contribution in [-0.2, 0) is 0 Å². The average Bonchev–Trinajstić information content (AvgIpc) is 2.07. The van der Waals surface area contributed by atoms with Crippen molar-refractivity contribution in [2.24, 2.45) is 0 Å². The van der Waals surface area contributed by atoms with Crippen LogP contribution in [0.5, 0.6) is 0 Å². The molecule has 0 aliphatic heterocycles. The number of hydrogen-bond acceptors (Lipinski definition) is 3. The highest BCUT2D eigenvalue weighted by molar-refractivity contribution is 5.29. The zero-order valence-corrected chi connectivity index (χ0v) is 5.78. The lowest BCUT2D eigenvalue weighted by molar-refractivity contribution is 1.16. The van der Waals surface area contributed by atoms with Crippen LogP contribution in [0, 0.1) is 23.2 Å². The SMILES string of the molecule is N#CCC#Cc1cncnc1. The number of aromatic nitrogens is 2. The fourth-order valence-electron chi connectivity index (χ4n) is 0.549. The summed E-state index contributed by atoms with van der Waals surface area (Å²) < 4.78 is 0. The molecule has 1 heterocycles. The van der Waals surface area contributed by atoms with E-state index in [0.717, 1.165) is 5.56 Å². The van der Waals surface area contributed by atoms with Gasteiger partial charge in [0, 0.05) is 12.4 Å². The Morgan fingerprint density at radius 1 is 1.36 bits per heavy atom. The van der Waals surface area contributed by atoms with Gasteiger partial charge in [-0.25, -0.2) is 9.97 Å². The molecule has 0 bridgehead atoms. The van der Waals surface area contributed by atoms with Crippen molar-refractivity contribution in [3.8, 4) is 17.9 Å². The van der Waals surface area contributed by atoms with Crippen molar-refractivity contribution in [1.29, 1.82) is 5.26 Å². The summed E-state index contributed by atoms with van der Waals surface area (Å²) in [6, 6.07) is 1.92. The fourth-order valence-corrected chi connectivity index (χ4v) is 0.549. The van der Waals surface area contributed by atoms with Crippen LogP contribution in [0.2, 0.25) is 0 Å². The Kier molecular flexibility index (Phi) is 2.65. The highest BCUT2D eigenvalue weighted by atomic mass is 14.8. The maximum absolute atomic E-state index is 8.16. The molecule has 52 valence electrons. The zero-order valence-electron chi connectivity index (χ0n) is 5.78. The van der Waals surface area contributed by atoms with Crippen molar-refractivity contribution < 1.29 is 0 Å². The van der Waals surface area contributed by atoms with Crippen LogP contribution in [0.4, 0.5) is 0 Å². The Morgan fingerprint density at radius 3 is 2.73 bits per heavy atom. The first kappa shape index (κ1) is 7.24. The Morgan fingerprint density at radius 2 is 2.09 bits per heavy atom. The van der Waals surface area contributed by atoms with Crippen molar-refractivity contribution >= 4 is 0 Å². The van der Waals surface area contributed by atoms with E-state index in [4.69, 9.17) is 5.26 Å². The molecule has 0 radical (unpaired) electrons. The summed E-state index contributed by atoms with van der Waals surface area (Å²) in [5, 5.41) is 8.16. The molecule has 0 fully saturated rings. The van der Waals surface area contributed by atoms with Crippen LogP contribution < -0.4 is 0 Å². The minimum absolute atomic E-state index is 0.245. The van der Waals surface area contributed by atoms with Gasteiger partial charge >= 0.3 is 0 Å². The number of nitrogens with zero attached hydrogens (tertiary/aromatic N) is 3. The van der Waals surface area contributed by atoms with E-state index in [9.17, 15) is 0 Å². The molecule has 1 aromatic rings. The molecule has 0 saturated carbocycles. The smallest absolute Gasteiger partial charge is 0.115 e. The minimum atomic E-state index is 0.245. The number of rotatable bonds is 0. The lowest BCUT2D eigenvalue weighted by Crippen LogP contribution is -1.78. The average molecular weight is 143 g/mol. The van der Waals surface area contributed by atoms with Gasteiger partial charge in [0.25, 0.3) is 0 Å². The minimum Gasteiger partial charge on any atom is -0.244 e. The third-order valence-electron chi connectivity index (χ3n) is 0.961. The standard InChI is InChI=1S/C8H5N3/c9-4-2-1-3-8-5-10-7-11-6-8/h5-7H,2H2. The first-order valence-corrected chi connectivity index (χ1v) is 3.04. The zero-order chi connectivity index (χ0) is 7.94. The van der Waals surface area contributed by atoms with E-state index in [0.29, 0.717) is 0 Å². The normalized spacial score (nSPS) is 7.55. The van der Waals surface area contributed by atoms with E-state index in [1.165, 1.54) is 6.33 Å². The monoisotopic (exact) mass is 143 g/mol. The summed E-state index contributed by atoms with van der Waals surface area (Å²) >= 11 is 0. The Bertz CT molecular complexity index is 313. The lowest BCUT2D eigenvalue weighted by Gasteiger charge is -1.82. The Hall–Kier alpha value is -1.87. The van der Waals surface area contributed by atoms with E-state index in [2.05, 4.69) is 21.8 Å². The third-order valence-corrected chi connectivity index (χ3v) is 0.961. The summed E-state index contributed by atoms with van der Waals surface area (Å²) in [6.45, 7) is 0. The van der Waals surface area contributed by atoms with Crippen molar-refractivity contribution in [3.63, 3.8) is 0 Å². The predicted molar refractivity (Wildman–Crippen MR) is 39.1 cm³/mol. The lowest BCUT2D eigenvalue weighted by atomic mass is 10.3. The largest absolute Gasteiger partial charge is 0.244 e. The molecule has 11 heavy (non-hydrogen) atoms. The van der Waals surface area contributed by atoms with Crippen LogP contribution >= 0.6 is 0 Å². The second kappa shape index (κ2) is 4.03. The fraction of sp³-hybridized carbons (Fsp3) is 0.125. The topological polar surface area (TPSA) is 49.6 Å². The molecule has 0 spiro atoms. The molecule has 0 aliphatic carbocycles. The van der Waals surface area contributed by atoms with Gasteiger partial charge in [-0.05, 0) is 0 Å². The molecule has 0 unspecified atom stereocenters. The molecule has 0 N–H and O–H groups in total. The van der Waals surface area contributed by atoms with Gasteiger partial charge in [0.1, 0.15) is 6.33 Å². The van der Waals surface area contributed by atoms with Gasteiger partial charge in [-0.3, -0.25) is 0 Å². The van der Waals surface area contributed by atoms with Crippen molar-refractivity contribution in [3.05, 3.63) is 24.3 Å². The first-order valence-electron chi connectivity index (χ1n) is 3.04. The molecule has 0 atom stereocenters. The summed E-state index contributed by atoms with van der Waals surface area (Å²) in [4.78, 5) is 7.53. The maximum atomic E-state index is 8.16. The van der Waals surface area contributed by atoms with Crippen molar-refractivity contribution in [2.45, 2.75) is 6.42 Å². The number of hydrogen-bond donors (Lipinski definition) is 0. The van der Waals surface area contributed by atoms with Gasteiger partial charge in [0.15, 0.2) is 0 Å². The van der Waals surface area contributed by atoms with Crippen LogP contribution in [0.15, 0.2) is 18.7 Å². The summed E-state index contributed by atoms with van der Waals surface area (Å²) in [5.41, 5.74) is 0.739. The summed E-state index contributed by atoms with van der Waals surface area (Å²) in [7, 11) is 0. The van der Waals surface area contributed by atoms with Gasteiger partial charge in [-0.1, -0.05) is 11.8 Å². The molecular formula is C8H5N3. The first-order chi connectivity index (χ1) is 5.43. The molecule has 0 aromatic carbocycles. The molecule has 1 rings (SSSR count). The van der Waals surface area contributed by atoms with Gasteiger partial charge in [0.05, 0.1) is 18.1 Å². The van der Waals surface area contributed by atoms with E-state index in [1.54, 1.807) is 12.4 Å². The van der Waals surface area contributed by atoms with Crippen molar-refractivity contribution in [2.75, 3.05) is 0 Å². The van der Waals surface area contributed by atoms with E-state index in [1.807, 2.05) is 6.07 Å². The van der Waals surface area contributed by atoms with Gasteiger partial charge in [0.2, 0.25) is 0 Å². The third kappa shape index (κ3) is 2.47. The van der Waals surface area contributed by atoms with Gasteiger partial charge in [-0.15, -0.1) is 0 Å². The Labute approximate surface area is 64.7 Å².